The van der Waals surface area contributed by atoms with Gasteiger partial charge in [-0.3, -0.25) is 0 Å². The molecule has 1 N–H and O–H groups in total. The Kier molecular flexibility index (Phi) is 3.31. The van der Waals surface area contributed by atoms with Crippen molar-refractivity contribution in [1.82, 2.24) is 9.97 Å². The molecule has 0 unspecified atom stereocenters. The van der Waals surface area contributed by atoms with Gasteiger partial charge >= 0.3 is 58.2 Å². The second-order valence-corrected chi connectivity index (χ2v) is 2.26. The average molecular weight is 217 g/mol. The molecule has 2 heterocycles. The summed E-state index contributed by atoms with van der Waals surface area (Å²) in [6.45, 7) is 3.77. The summed E-state index contributed by atoms with van der Waals surface area (Å²) >= 11 is 0. The van der Waals surface area contributed by atoms with Crippen LogP contribution in [0.25, 0.3) is 11.0 Å². The van der Waals surface area contributed by atoms with Crippen LogP contribution in [0.5, 0.6) is 0 Å². The van der Waals surface area contributed by atoms with Gasteiger partial charge in [-0.25, -0.2) is 0 Å². The van der Waals surface area contributed by atoms with Crippen LogP contribution in [-0.2, 0) is 0 Å². The first-order chi connectivity index (χ1) is 4.86. The van der Waals surface area contributed by atoms with Crippen molar-refractivity contribution in [2.45, 2.75) is 0 Å². The van der Waals surface area contributed by atoms with Gasteiger partial charge in [0.05, 0.1) is 0 Å². The Hall–Kier alpha value is 0.365. The van der Waals surface area contributed by atoms with Gasteiger partial charge in [0.2, 0.25) is 0 Å². The summed E-state index contributed by atoms with van der Waals surface area (Å²) in [4.78, 5) is 7.13. The van der Waals surface area contributed by atoms with Crippen molar-refractivity contribution in [3.63, 3.8) is 0 Å². The Morgan fingerprint density at radius 2 is 2.27 bits per heavy atom. The molecule has 0 aliphatic heterocycles. The molecule has 2 aromatic heterocycles. The van der Waals surface area contributed by atoms with E-state index in [1.165, 1.54) is 0 Å². The van der Waals surface area contributed by atoms with Crippen molar-refractivity contribution in [1.29, 1.82) is 0 Å². The van der Waals surface area contributed by atoms with Gasteiger partial charge in [0.15, 0.2) is 0 Å². The molecule has 0 fully saturated rings. The first kappa shape index (κ1) is 9.45. The monoisotopic (exact) mass is 216 g/mol. The first-order valence-corrected chi connectivity index (χ1v) is 3.11. The summed E-state index contributed by atoms with van der Waals surface area (Å²) in [7, 11) is 0. The van der Waals surface area contributed by atoms with Crippen LogP contribution in [0.2, 0.25) is 0 Å². The van der Waals surface area contributed by atoms with Crippen LogP contribution >= 0.6 is 0 Å². The van der Waals surface area contributed by atoms with Gasteiger partial charge in [-0.05, 0) is 11.5 Å². The maximum atomic E-state index is 4.12. The van der Waals surface area contributed by atoms with Crippen LogP contribution in [0.15, 0.2) is 24.5 Å². The van der Waals surface area contributed by atoms with E-state index in [9.17, 15) is 0 Å². The van der Waals surface area contributed by atoms with E-state index in [-0.39, 0.29) is 58.2 Å². The normalized spacial score (nSPS) is 9.45. The van der Waals surface area contributed by atoms with Crippen molar-refractivity contribution in [2.75, 3.05) is 0 Å². The first-order valence-electron chi connectivity index (χ1n) is 3.11. The number of aromatic amines is 1. The molecule has 0 aliphatic carbocycles. The van der Waals surface area contributed by atoms with Gasteiger partial charge in [-0.15, -0.1) is 0 Å². The number of nitrogens with zero attached hydrogens (tertiary/aromatic N) is 1. The van der Waals surface area contributed by atoms with Crippen LogP contribution in [-0.4, -0.2) is 9.97 Å². The largest absolute Gasteiger partial charge is 1.00 e. The number of fused-ring (bicyclic) bond motifs is 1. The maximum Gasteiger partial charge on any atom is 1.00 e. The van der Waals surface area contributed by atoms with Gasteiger partial charge in [-0.2, -0.15) is 18.6 Å². The number of hydrogen-bond acceptors (Lipinski definition) is 1. The molecule has 0 amide bonds. The number of rotatable bonds is 0. The second-order valence-electron chi connectivity index (χ2n) is 2.26. The van der Waals surface area contributed by atoms with E-state index in [1.807, 2.05) is 18.3 Å². The van der Waals surface area contributed by atoms with Crippen molar-refractivity contribution < 1.29 is 58.2 Å². The molecule has 0 aliphatic rings. The zero-order chi connectivity index (χ0) is 6.97. The van der Waals surface area contributed by atoms with Crippen LogP contribution in [0.1, 0.15) is 5.56 Å². The average Bonchev–Trinajstić information content (AvgIpc) is 2.33. The van der Waals surface area contributed by atoms with E-state index in [1.54, 1.807) is 6.20 Å². The molecule has 11 heavy (non-hydrogen) atoms. The maximum absolute atomic E-state index is 4.12. The molecule has 2 aromatic rings. The molecule has 0 spiro atoms. The quantitative estimate of drug-likeness (QED) is 0.548. The number of nitrogens with one attached hydrogen (secondary N) is 1. The fraction of sp³-hybridized carbons (Fsp3) is 0. The Morgan fingerprint density at radius 3 is 3.09 bits per heavy atom. The molecule has 2 nitrogen and oxygen atoms in total. The molecule has 2 rings (SSSR count). The predicted molar refractivity (Wildman–Crippen MR) is 40.6 cm³/mol. The minimum absolute atomic E-state index is 0. The Balaban J connectivity index is 0.000000605. The van der Waals surface area contributed by atoms with Crippen molar-refractivity contribution in [2.24, 2.45) is 0 Å². The van der Waals surface area contributed by atoms with Gasteiger partial charge < -0.3 is 9.97 Å². The SMILES string of the molecule is [CH2-]c1cnc2[nH]ccc2c1.[Rb+]. The van der Waals surface area contributed by atoms with Crippen LogP contribution < -0.4 is 58.2 Å². The summed E-state index contributed by atoms with van der Waals surface area (Å²) in [5.41, 5.74) is 1.87. The van der Waals surface area contributed by atoms with E-state index in [4.69, 9.17) is 0 Å². The number of aromatic nitrogens is 2. The molecular weight excluding hydrogens is 210 g/mol. The number of pyridine rings is 1. The molecule has 0 saturated carbocycles. The third-order valence-corrected chi connectivity index (χ3v) is 1.46. The molecule has 0 atom stereocenters. The zero-order valence-corrected chi connectivity index (χ0v) is 11.4. The van der Waals surface area contributed by atoms with E-state index in [0.29, 0.717) is 0 Å². The van der Waals surface area contributed by atoms with E-state index < -0.39 is 0 Å². The van der Waals surface area contributed by atoms with E-state index in [0.717, 1.165) is 16.6 Å². The minimum Gasteiger partial charge on any atom is -0.348 e. The van der Waals surface area contributed by atoms with Crippen molar-refractivity contribution in [3.05, 3.63) is 37.0 Å². The Labute approximate surface area is 114 Å². The summed E-state index contributed by atoms with van der Waals surface area (Å²) in [5.74, 6) is 0. The molecule has 50 valence electrons. The Bertz CT molecular complexity index is 354. The number of hydrogen-bond donors (Lipinski definition) is 1. The molecule has 0 aromatic carbocycles. The summed E-state index contributed by atoms with van der Waals surface area (Å²) in [6.07, 6.45) is 3.62. The Morgan fingerprint density at radius 1 is 1.45 bits per heavy atom. The van der Waals surface area contributed by atoms with Gasteiger partial charge in [0, 0.05) is 6.20 Å². The van der Waals surface area contributed by atoms with E-state index >= 15 is 0 Å². The van der Waals surface area contributed by atoms with Gasteiger partial charge in [0.25, 0.3) is 0 Å². The minimum atomic E-state index is 0. The zero-order valence-electron chi connectivity index (χ0n) is 6.46. The predicted octanol–water partition coefficient (Wildman–Crippen LogP) is -1.25. The molecule has 3 heteroatoms. The van der Waals surface area contributed by atoms with Crippen molar-refractivity contribution in [3.8, 4) is 0 Å². The smallest absolute Gasteiger partial charge is 0.348 e. The van der Waals surface area contributed by atoms with Crippen molar-refractivity contribution >= 4 is 11.0 Å². The summed E-state index contributed by atoms with van der Waals surface area (Å²) < 4.78 is 0. The second kappa shape index (κ2) is 3.85. The third kappa shape index (κ3) is 1.93. The summed E-state index contributed by atoms with van der Waals surface area (Å²) in [6, 6.07) is 3.98. The molecule has 0 saturated heterocycles. The van der Waals surface area contributed by atoms with Crippen LogP contribution in [0.4, 0.5) is 0 Å². The molecular formula is C8H7N2Rb. The summed E-state index contributed by atoms with van der Waals surface area (Å²) in [5, 5.41) is 1.12. The topological polar surface area (TPSA) is 28.7 Å². The van der Waals surface area contributed by atoms with Crippen LogP contribution in [0, 0.1) is 6.92 Å². The standard InChI is InChI=1S/C8H7N2.Rb/c1-6-4-7-2-3-9-8(7)10-5-6;/h2-5H,1H2,(H,9,10);/q-1;+1. The van der Waals surface area contributed by atoms with Gasteiger partial charge in [-0.1, -0.05) is 6.20 Å². The molecule has 0 radical (unpaired) electrons. The van der Waals surface area contributed by atoms with E-state index in [2.05, 4.69) is 16.9 Å². The number of H-pyrrole nitrogens is 1. The molecule has 0 bridgehead atoms. The van der Waals surface area contributed by atoms with Gasteiger partial charge in [0.1, 0.15) is 5.65 Å². The van der Waals surface area contributed by atoms with Crippen LogP contribution in [0.3, 0.4) is 0 Å². The fourth-order valence-electron chi connectivity index (χ4n) is 0.985. The third-order valence-electron chi connectivity index (χ3n) is 1.46. The fourth-order valence-corrected chi connectivity index (χ4v) is 0.985.